The molecule has 43 heavy (non-hydrogen) atoms. The van der Waals surface area contributed by atoms with Crippen molar-refractivity contribution in [3.63, 3.8) is 0 Å². The van der Waals surface area contributed by atoms with E-state index in [1.54, 1.807) is 13.2 Å². The van der Waals surface area contributed by atoms with E-state index in [-0.39, 0.29) is 5.75 Å². The van der Waals surface area contributed by atoms with Crippen LogP contribution in [0.25, 0.3) is 22.0 Å². The fraction of sp³-hybridized carbons (Fsp3) is 0.412. The maximum Gasteiger partial charge on any atom is 0.573 e. The second-order valence-corrected chi connectivity index (χ2v) is 11.4. The van der Waals surface area contributed by atoms with Crippen LogP contribution in [0.4, 0.5) is 18.9 Å². The summed E-state index contributed by atoms with van der Waals surface area (Å²) in [5.74, 6) is 0.670. The van der Waals surface area contributed by atoms with Crippen LogP contribution in [0.2, 0.25) is 0 Å². The molecule has 9 heteroatoms. The van der Waals surface area contributed by atoms with Gasteiger partial charge in [-0.15, -0.1) is 13.2 Å². The number of rotatable bonds is 11. The molecule has 0 bridgehead atoms. The number of nitrogens with one attached hydrogen (secondary N) is 1. The molecular formula is C34H41F3N4O2. The molecule has 0 amide bonds. The first kappa shape index (κ1) is 30.8. The summed E-state index contributed by atoms with van der Waals surface area (Å²) in [6.07, 6.45) is 0.898. The van der Waals surface area contributed by atoms with Crippen LogP contribution < -0.4 is 20.5 Å². The fourth-order valence-electron chi connectivity index (χ4n) is 6.10. The zero-order chi connectivity index (χ0) is 30.6. The Morgan fingerprint density at radius 2 is 1.77 bits per heavy atom. The highest BCUT2D eigenvalue weighted by atomic mass is 19.4. The topological polar surface area (TPSA) is 64.7 Å². The molecule has 0 spiro atoms. The van der Waals surface area contributed by atoms with Crippen molar-refractivity contribution in [1.29, 1.82) is 0 Å². The van der Waals surface area contributed by atoms with Gasteiger partial charge in [-0.05, 0) is 97.8 Å². The normalized spacial score (nSPS) is 14.8. The lowest BCUT2D eigenvalue weighted by Gasteiger charge is -2.33. The van der Waals surface area contributed by atoms with Gasteiger partial charge in [0.05, 0.1) is 7.11 Å². The lowest BCUT2D eigenvalue weighted by atomic mass is 9.96. The molecule has 3 aromatic carbocycles. The smallest absolute Gasteiger partial charge is 0.497 e. The Labute approximate surface area is 251 Å². The first-order valence-corrected chi connectivity index (χ1v) is 15.0. The number of aryl methyl sites for hydroxylation is 3. The molecule has 1 saturated heterocycles. The van der Waals surface area contributed by atoms with Gasteiger partial charge in [-0.3, -0.25) is 4.90 Å². The van der Waals surface area contributed by atoms with E-state index in [1.807, 2.05) is 19.1 Å². The highest BCUT2D eigenvalue weighted by Gasteiger charge is 2.31. The van der Waals surface area contributed by atoms with Gasteiger partial charge in [-0.25, -0.2) is 0 Å². The van der Waals surface area contributed by atoms with Gasteiger partial charge in [0, 0.05) is 66.6 Å². The van der Waals surface area contributed by atoms with Crippen LogP contribution in [0.5, 0.6) is 11.5 Å². The predicted octanol–water partition coefficient (Wildman–Crippen LogP) is 7.51. The predicted molar refractivity (Wildman–Crippen MR) is 167 cm³/mol. The van der Waals surface area contributed by atoms with Crippen molar-refractivity contribution in [2.75, 3.05) is 32.1 Å². The highest BCUT2D eigenvalue weighted by molar-refractivity contribution is 5.97. The van der Waals surface area contributed by atoms with E-state index >= 15 is 0 Å². The Kier molecular flexibility index (Phi) is 9.52. The quantitative estimate of drug-likeness (QED) is 0.188. The van der Waals surface area contributed by atoms with Crippen molar-refractivity contribution >= 4 is 16.6 Å². The molecule has 3 N–H and O–H groups in total. The third kappa shape index (κ3) is 7.64. The molecule has 4 aromatic rings. The summed E-state index contributed by atoms with van der Waals surface area (Å²) in [4.78, 5) is 2.49. The van der Waals surface area contributed by atoms with Crippen LogP contribution >= 0.6 is 0 Å². The molecule has 6 nitrogen and oxygen atoms in total. The Morgan fingerprint density at radius 1 is 0.977 bits per heavy atom. The Bertz CT molecular complexity index is 1540. The Morgan fingerprint density at radius 3 is 2.47 bits per heavy atom. The van der Waals surface area contributed by atoms with E-state index in [9.17, 15) is 13.2 Å². The summed E-state index contributed by atoms with van der Waals surface area (Å²) >= 11 is 0. The second-order valence-electron chi connectivity index (χ2n) is 11.4. The number of benzene rings is 3. The van der Waals surface area contributed by atoms with Crippen molar-refractivity contribution < 1.29 is 22.6 Å². The van der Waals surface area contributed by atoms with E-state index in [1.165, 1.54) is 23.3 Å². The number of nitrogens with zero attached hydrogens (tertiary/aromatic N) is 2. The molecule has 5 rings (SSSR count). The van der Waals surface area contributed by atoms with Gasteiger partial charge in [0.2, 0.25) is 0 Å². The maximum atomic E-state index is 12.9. The first-order valence-electron chi connectivity index (χ1n) is 15.0. The van der Waals surface area contributed by atoms with Crippen molar-refractivity contribution in [2.45, 2.75) is 65.0 Å². The number of fused-ring (bicyclic) bond motifs is 1. The van der Waals surface area contributed by atoms with E-state index in [4.69, 9.17) is 10.5 Å². The zero-order valence-electron chi connectivity index (χ0n) is 25.1. The lowest BCUT2D eigenvalue weighted by Crippen LogP contribution is -2.38. The van der Waals surface area contributed by atoms with Crippen LogP contribution in [0.1, 0.15) is 42.9 Å². The number of anilines is 1. The Hall–Kier alpha value is -3.69. The molecule has 230 valence electrons. The monoisotopic (exact) mass is 594 g/mol. The standard InChI is InChI=1S/C34H41F3N4O2/c1-4-25-19-28(43-34(35,36)37)7-8-30(25)32-22-41(13-5-12-38)33-9-6-24(18-31(32)33)21-40-14-10-26(11-15-40)39-27-16-23(2)17-29(20-27)42-3/h6-9,16-20,22,26,39H,4-5,10-15,21,38H2,1-3H3. The Balaban J connectivity index is 1.35. The summed E-state index contributed by atoms with van der Waals surface area (Å²) in [7, 11) is 1.69. The van der Waals surface area contributed by atoms with Crippen LogP contribution in [0, 0.1) is 6.92 Å². The van der Waals surface area contributed by atoms with Crippen molar-refractivity contribution in [3.05, 3.63) is 77.5 Å². The molecule has 1 aromatic heterocycles. The second kappa shape index (κ2) is 13.3. The molecule has 1 aliphatic heterocycles. The molecule has 1 fully saturated rings. The molecule has 0 aliphatic carbocycles. The van der Waals surface area contributed by atoms with Gasteiger partial charge in [-0.2, -0.15) is 0 Å². The average Bonchev–Trinajstić information content (AvgIpc) is 3.33. The summed E-state index contributed by atoms with van der Waals surface area (Å²) in [6, 6.07) is 17.9. The summed E-state index contributed by atoms with van der Waals surface area (Å²) in [5, 5.41) is 4.78. The van der Waals surface area contributed by atoms with Crippen molar-refractivity contribution in [1.82, 2.24) is 9.47 Å². The van der Waals surface area contributed by atoms with Gasteiger partial charge < -0.3 is 25.1 Å². The van der Waals surface area contributed by atoms with Crippen molar-refractivity contribution in [2.24, 2.45) is 5.73 Å². The van der Waals surface area contributed by atoms with E-state index in [2.05, 4.69) is 56.9 Å². The minimum atomic E-state index is -4.72. The number of nitrogens with two attached hydrogens (primary N) is 1. The SMILES string of the molecule is CCc1cc(OC(F)(F)F)ccc1-c1cn(CCCN)c2ccc(CN3CCC(Nc4cc(C)cc(OC)c4)CC3)cc12. The minimum Gasteiger partial charge on any atom is -0.497 e. The molecule has 0 radical (unpaired) electrons. The van der Waals surface area contributed by atoms with Crippen LogP contribution in [0.15, 0.2) is 60.8 Å². The van der Waals surface area contributed by atoms with Crippen molar-refractivity contribution in [3.8, 4) is 22.6 Å². The third-order valence-electron chi connectivity index (χ3n) is 8.18. The number of likely N-dealkylation sites (tertiary alicyclic amines) is 1. The van der Waals surface area contributed by atoms with Crippen LogP contribution in [-0.2, 0) is 19.5 Å². The average molecular weight is 595 g/mol. The van der Waals surface area contributed by atoms with E-state index in [0.29, 0.717) is 19.0 Å². The van der Waals surface area contributed by atoms with Gasteiger partial charge >= 0.3 is 6.36 Å². The molecular weight excluding hydrogens is 553 g/mol. The van der Waals surface area contributed by atoms with Gasteiger partial charge in [0.1, 0.15) is 11.5 Å². The van der Waals surface area contributed by atoms with Crippen LogP contribution in [0.3, 0.4) is 0 Å². The number of alkyl halides is 3. The largest absolute Gasteiger partial charge is 0.573 e. The number of halogens is 3. The van der Waals surface area contributed by atoms with Gasteiger partial charge in [0.15, 0.2) is 0 Å². The third-order valence-corrected chi connectivity index (χ3v) is 8.18. The maximum absolute atomic E-state index is 12.9. The number of hydrogen-bond donors (Lipinski definition) is 2. The molecule has 1 aliphatic rings. The minimum absolute atomic E-state index is 0.194. The summed E-state index contributed by atoms with van der Waals surface area (Å²) < 4.78 is 50.5. The molecule has 0 unspecified atom stereocenters. The van der Waals surface area contributed by atoms with Gasteiger partial charge in [0.25, 0.3) is 0 Å². The summed E-state index contributed by atoms with van der Waals surface area (Å²) in [6.45, 7) is 8.20. The van der Waals surface area contributed by atoms with Gasteiger partial charge in [-0.1, -0.05) is 19.1 Å². The molecule has 2 heterocycles. The lowest BCUT2D eigenvalue weighted by molar-refractivity contribution is -0.274. The van der Waals surface area contributed by atoms with Crippen LogP contribution in [-0.4, -0.2) is 48.6 Å². The number of ether oxygens (including phenoxy) is 2. The highest BCUT2D eigenvalue weighted by Crippen LogP contribution is 2.37. The summed E-state index contributed by atoms with van der Waals surface area (Å²) in [5.41, 5.74) is 13.1. The van der Waals surface area contributed by atoms with E-state index < -0.39 is 6.36 Å². The number of aromatic nitrogens is 1. The zero-order valence-corrected chi connectivity index (χ0v) is 25.1. The van der Waals surface area contributed by atoms with E-state index in [0.717, 1.165) is 84.5 Å². The number of piperidine rings is 1. The fourth-order valence-corrected chi connectivity index (χ4v) is 6.10. The first-order chi connectivity index (χ1) is 20.6. The molecule has 0 atom stereocenters. The number of hydrogen-bond acceptors (Lipinski definition) is 5. The number of methoxy groups -OCH3 is 1. The molecule has 0 saturated carbocycles.